The number of aliphatic hydroxyl groups excluding tert-OH is 2. The van der Waals surface area contributed by atoms with Gasteiger partial charge in [-0.25, -0.2) is 24.0 Å². The minimum absolute atomic E-state index is 0.0907. The zero-order valence-corrected chi connectivity index (χ0v) is 30.2. The molecule has 2 N–H and O–H groups in total. The van der Waals surface area contributed by atoms with Crippen LogP contribution in [0.25, 0.3) is 0 Å². The predicted octanol–water partition coefficient (Wildman–Crippen LogP) is 5.20. The summed E-state index contributed by atoms with van der Waals surface area (Å²) in [5, 5.41) is 20.7. The van der Waals surface area contributed by atoms with Gasteiger partial charge in [-0.2, -0.15) is 0 Å². The molecule has 1 aliphatic carbocycles. The Morgan fingerprint density at radius 3 is 1.78 bits per heavy atom. The molecule has 4 rings (SSSR count). The number of carbonyl (C=O) groups excluding carboxylic acids is 6. The molecule has 4 aliphatic rings. The van der Waals surface area contributed by atoms with Crippen molar-refractivity contribution in [3.63, 3.8) is 0 Å². The summed E-state index contributed by atoms with van der Waals surface area (Å²) in [7, 11) is 0. The average Bonchev–Trinajstić information content (AvgIpc) is 3.07. The molecule has 1 saturated carbocycles. The number of aliphatic hydroxyl groups is 2. The second kappa shape index (κ2) is 17.2. The van der Waals surface area contributed by atoms with Gasteiger partial charge in [0, 0.05) is 58.4 Å². The summed E-state index contributed by atoms with van der Waals surface area (Å²) in [5.41, 5.74) is -0.888. The summed E-state index contributed by atoms with van der Waals surface area (Å²) in [5.74, 6) is -11.5. The van der Waals surface area contributed by atoms with E-state index in [0.717, 1.165) is 12.2 Å². The molecule has 2 unspecified atom stereocenters. The van der Waals surface area contributed by atoms with Crippen molar-refractivity contribution in [3.8, 4) is 0 Å². The maximum Gasteiger partial charge on any atom is 0.348 e. The SMILES string of the molecule is CCCC(C)(OC=O)OC(=O)C=CC=CC=CC1=C(O)OC2(CCC3(CC2)OC(=O)C(=CC=CC=CC2=C(O)OC(C)(CCC)OC2=O)C(=O)O3)OC1=O. The van der Waals surface area contributed by atoms with Gasteiger partial charge in [0.25, 0.3) is 41.5 Å². The summed E-state index contributed by atoms with van der Waals surface area (Å²) in [4.78, 5) is 73.6. The average molecular weight is 755 g/mol. The Kier molecular flexibility index (Phi) is 12.9. The quantitative estimate of drug-likeness (QED) is 0.0443. The lowest BCUT2D eigenvalue weighted by atomic mass is 9.87. The van der Waals surface area contributed by atoms with Crippen LogP contribution in [0.4, 0.5) is 0 Å². The molecule has 2 fully saturated rings. The molecule has 54 heavy (non-hydrogen) atoms. The molecule has 3 heterocycles. The highest BCUT2D eigenvalue weighted by atomic mass is 16.8. The minimum Gasteiger partial charge on any atom is -0.480 e. The van der Waals surface area contributed by atoms with E-state index in [2.05, 4.69) is 0 Å². The van der Waals surface area contributed by atoms with Gasteiger partial charge in [0.1, 0.15) is 16.7 Å². The van der Waals surface area contributed by atoms with Crippen LogP contribution in [0, 0.1) is 0 Å². The van der Waals surface area contributed by atoms with Crippen LogP contribution in [0.3, 0.4) is 0 Å². The van der Waals surface area contributed by atoms with Crippen LogP contribution >= 0.6 is 0 Å². The molecule has 16 heteroatoms. The number of allylic oxidation sites excluding steroid dienone is 8. The molecule has 0 amide bonds. The van der Waals surface area contributed by atoms with Crippen LogP contribution in [0.15, 0.2) is 95.4 Å². The van der Waals surface area contributed by atoms with E-state index in [1.54, 1.807) is 0 Å². The molecular formula is C38H42O16. The minimum atomic E-state index is -1.64. The summed E-state index contributed by atoms with van der Waals surface area (Å²) in [6, 6.07) is 0. The number of rotatable bonds is 14. The van der Waals surface area contributed by atoms with Crippen LogP contribution in [-0.2, 0) is 66.7 Å². The Hall–Kier alpha value is -6.06. The lowest BCUT2D eigenvalue weighted by molar-refractivity contribution is -0.297. The molecule has 0 aromatic rings. The third-order valence-electron chi connectivity index (χ3n) is 8.45. The first-order chi connectivity index (χ1) is 25.6. The van der Waals surface area contributed by atoms with Gasteiger partial charge < -0.3 is 48.1 Å². The molecule has 290 valence electrons. The number of esters is 5. The Balaban J connectivity index is 1.29. The van der Waals surface area contributed by atoms with E-state index in [1.807, 2.05) is 13.8 Å². The molecule has 0 aromatic heterocycles. The molecule has 0 aromatic carbocycles. The largest absolute Gasteiger partial charge is 0.480 e. The second-order valence-electron chi connectivity index (χ2n) is 12.9. The molecule has 16 nitrogen and oxygen atoms in total. The van der Waals surface area contributed by atoms with Crippen molar-refractivity contribution in [3.05, 3.63) is 95.4 Å². The predicted molar refractivity (Wildman–Crippen MR) is 183 cm³/mol. The fraction of sp³-hybridized carbons (Fsp3) is 0.421. The van der Waals surface area contributed by atoms with Gasteiger partial charge in [-0.05, 0) is 31.1 Å². The van der Waals surface area contributed by atoms with Crippen molar-refractivity contribution in [2.24, 2.45) is 0 Å². The van der Waals surface area contributed by atoms with Crippen molar-refractivity contribution in [1.29, 1.82) is 0 Å². The first-order valence-corrected chi connectivity index (χ1v) is 17.2. The van der Waals surface area contributed by atoms with Crippen molar-refractivity contribution in [1.82, 2.24) is 0 Å². The first kappa shape index (κ1) is 40.7. The standard InChI is InChI=1S/C38H42O16/c1-5-18-35(3,47-24-39)48-28(40)17-13-8-7-10-14-26-31(43)51-37(52-32(26)44)20-22-38(23-21-37)53-33(45)27(34(46)54-38)16-12-9-11-15-25-29(41)49-36(4,19-6-2)50-30(25)42/h7-17,24,41,43H,5-6,18-23H2,1-4H3. The van der Waals surface area contributed by atoms with Crippen molar-refractivity contribution < 1.29 is 76.9 Å². The topological polar surface area (TPSA) is 217 Å². The van der Waals surface area contributed by atoms with Crippen LogP contribution in [0.1, 0.15) is 79.1 Å². The van der Waals surface area contributed by atoms with Gasteiger partial charge in [0.15, 0.2) is 0 Å². The third kappa shape index (κ3) is 10.1. The van der Waals surface area contributed by atoms with E-state index in [-0.39, 0.29) is 43.3 Å². The fourth-order valence-corrected chi connectivity index (χ4v) is 5.84. The van der Waals surface area contributed by atoms with E-state index in [9.17, 15) is 39.0 Å². The molecule has 3 aliphatic heterocycles. The van der Waals surface area contributed by atoms with Gasteiger partial charge in [-0.3, -0.25) is 4.79 Å². The summed E-state index contributed by atoms with van der Waals surface area (Å²) >= 11 is 0. The number of hydrogen-bond donors (Lipinski definition) is 2. The number of carbonyl (C=O) groups is 6. The first-order valence-electron chi connectivity index (χ1n) is 17.2. The number of ether oxygens (including phenoxy) is 8. The van der Waals surface area contributed by atoms with Crippen molar-refractivity contribution in [2.45, 2.75) is 102 Å². The Bertz CT molecular complexity index is 1740. The lowest BCUT2D eigenvalue weighted by Gasteiger charge is -2.46. The van der Waals surface area contributed by atoms with E-state index in [0.29, 0.717) is 25.7 Å². The highest BCUT2D eigenvalue weighted by Gasteiger charge is 2.56. The fourth-order valence-electron chi connectivity index (χ4n) is 5.84. The molecule has 0 bridgehead atoms. The van der Waals surface area contributed by atoms with Crippen LogP contribution < -0.4 is 0 Å². The monoisotopic (exact) mass is 754 g/mol. The van der Waals surface area contributed by atoms with Crippen LogP contribution in [0.5, 0.6) is 0 Å². The smallest absolute Gasteiger partial charge is 0.348 e. The second-order valence-corrected chi connectivity index (χ2v) is 12.9. The normalized spacial score (nSPS) is 27.3. The van der Waals surface area contributed by atoms with Gasteiger partial charge in [0.05, 0.1) is 0 Å². The molecule has 1 saturated heterocycles. The summed E-state index contributed by atoms with van der Waals surface area (Å²) < 4.78 is 42.8. The molecule has 2 atom stereocenters. The molecule has 0 radical (unpaired) electrons. The Labute approximate surface area is 310 Å². The van der Waals surface area contributed by atoms with Crippen molar-refractivity contribution >= 4 is 36.3 Å². The molecule has 2 spiro atoms. The highest BCUT2D eigenvalue weighted by Crippen LogP contribution is 2.45. The zero-order chi connectivity index (χ0) is 39.6. The van der Waals surface area contributed by atoms with Gasteiger partial charge in [-0.15, -0.1) is 0 Å². The lowest BCUT2D eigenvalue weighted by Crippen LogP contribution is -2.54. The summed E-state index contributed by atoms with van der Waals surface area (Å²) in [6.45, 7) is 6.93. The van der Waals surface area contributed by atoms with E-state index < -0.39 is 70.5 Å². The number of hydrogen-bond acceptors (Lipinski definition) is 16. The van der Waals surface area contributed by atoms with Gasteiger partial charge >= 0.3 is 29.8 Å². The zero-order valence-electron chi connectivity index (χ0n) is 30.2. The highest BCUT2D eigenvalue weighted by molar-refractivity contribution is 6.15. The van der Waals surface area contributed by atoms with Gasteiger partial charge in [0.2, 0.25) is 0 Å². The third-order valence-corrected chi connectivity index (χ3v) is 8.45. The van der Waals surface area contributed by atoms with Crippen molar-refractivity contribution in [2.75, 3.05) is 0 Å². The Morgan fingerprint density at radius 1 is 0.722 bits per heavy atom. The van der Waals surface area contributed by atoms with Gasteiger partial charge in [-0.1, -0.05) is 56.4 Å². The maximum absolute atomic E-state index is 12.8. The maximum atomic E-state index is 12.8. The van der Waals surface area contributed by atoms with Crippen LogP contribution in [-0.4, -0.2) is 69.7 Å². The Morgan fingerprint density at radius 2 is 1.24 bits per heavy atom. The van der Waals surface area contributed by atoms with E-state index >= 15 is 0 Å². The van der Waals surface area contributed by atoms with E-state index in [4.69, 9.17) is 37.9 Å². The van der Waals surface area contributed by atoms with E-state index in [1.165, 1.54) is 68.5 Å². The number of cyclic esters (lactones) is 1. The summed E-state index contributed by atoms with van der Waals surface area (Å²) in [6.07, 6.45) is 16.1. The molecular weight excluding hydrogens is 712 g/mol. The van der Waals surface area contributed by atoms with Crippen LogP contribution in [0.2, 0.25) is 0 Å².